The number of likely N-dealkylation sites (N-methyl/N-ethyl adjacent to an activating group) is 1. The summed E-state index contributed by atoms with van der Waals surface area (Å²) in [5.41, 5.74) is 0.506. The lowest BCUT2D eigenvalue weighted by Crippen LogP contribution is -2.51. The van der Waals surface area contributed by atoms with Crippen molar-refractivity contribution >= 4 is 23.2 Å². The van der Waals surface area contributed by atoms with Crippen molar-refractivity contribution in [3.63, 3.8) is 0 Å². The largest absolute Gasteiger partial charge is 0.348 e. The summed E-state index contributed by atoms with van der Waals surface area (Å²) in [7, 11) is 3.52. The number of aromatic nitrogens is 1. The Balaban J connectivity index is 1.91. The maximum absolute atomic E-state index is 12.6. The maximum atomic E-state index is 12.6. The van der Waals surface area contributed by atoms with Crippen LogP contribution in [0.5, 0.6) is 0 Å². The van der Waals surface area contributed by atoms with Gasteiger partial charge in [-0.1, -0.05) is 20.8 Å². The molecule has 0 atom stereocenters. The molecule has 0 bridgehead atoms. The second-order valence-corrected chi connectivity index (χ2v) is 8.00. The first-order valence-electron chi connectivity index (χ1n) is 7.86. The van der Waals surface area contributed by atoms with Gasteiger partial charge in [-0.2, -0.15) is 0 Å². The molecule has 128 valence electrons. The van der Waals surface area contributed by atoms with Gasteiger partial charge < -0.3 is 9.80 Å². The van der Waals surface area contributed by atoms with Gasteiger partial charge in [0.2, 0.25) is 5.91 Å². The van der Waals surface area contributed by atoms with Gasteiger partial charge in [0.25, 0.3) is 5.91 Å². The molecule has 2 rings (SSSR count). The van der Waals surface area contributed by atoms with Crippen LogP contribution in [-0.4, -0.2) is 78.3 Å². The molecule has 0 saturated carbocycles. The fourth-order valence-electron chi connectivity index (χ4n) is 2.32. The van der Waals surface area contributed by atoms with Gasteiger partial charge in [-0.15, -0.1) is 11.3 Å². The third kappa shape index (κ3) is 4.51. The summed E-state index contributed by atoms with van der Waals surface area (Å²) >= 11 is 1.54. The van der Waals surface area contributed by atoms with Crippen LogP contribution < -0.4 is 0 Å². The molecule has 2 heterocycles. The monoisotopic (exact) mass is 338 g/mol. The maximum Gasteiger partial charge on any atom is 0.273 e. The number of thiazole rings is 1. The van der Waals surface area contributed by atoms with Gasteiger partial charge in [0, 0.05) is 51.1 Å². The van der Waals surface area contributed by atoms with E-state index in [1.807, 2.05) is 10.3 Å². The van der Waals surface area contributed by atoms with E-state index >= 15 is 0 Å². The minimum absolute atomic E-state index is 0.00432. The van der Waals surface area contributed by atoms with Crippen LogP contribution in [0, 0.1) is 0 Å². The van der Waals surface area contributed by atoms with Crippen molar-refractivity contribution in [3.05, 3.63) is 16.1 Å². The Bertz CT molecular complexity index is 569. The van der Waals surface area contributed by atoms with Gasteiger partial charge in [0.15, 0.2) is 0 Å². The SMILES string of the molecule is CN(C)C(=O)CN1CCN(C(=O)c2csc(C(C)(C)C)n2)CC1. The summed E-state index contributed by atoms with van der Waals surface area (Å²) in [6.07, 6.45) is 0. The number of hydrogen-bond donors (Lipinski definition) is 0. The van der Waals surface area contributed by atoms with Crippen molar-refractivity contribution in [1.82, 2.24) is 19.7 Å². The van der Waals surface area contributed by atoms with Crippen molar-refractivity contribution < 1.29 is 9.59 Å². The van der Waals surface area contributed by atoms with Crippen molar-refractivity contribution in [3.8, 4) is 0 Å². The Kier molecular flexibility index (Phi) is 5.41. The van der Waals surface area contributed by atoms with Gasteiger partial charge in [-0.25, -0.2) is 4.98 Å². The van der Waals surface area contributed by atoms with E-state index in [9.17, 15) is 9.59 Å². The van der Waals surface area contributed by atoms with Crippen LogP contribution in [0.2, 0.25) is 0 Å². The molecule has 7 heteroatoms. The van der Waals surface area contributed by atoms with E-state index in [1.54, 1.807) is 30.3 Å². The molecule has 0 aliphatic carbocycles. The highest BCUT2D eigenvalue weighted by Gasteiger charge is 2.26. The lowest BCUT2D eigenvalue weighted by atomic mass is 9.98. The second kappa shape index (κ2) is 6.97. The summed E-state index contributed by atoms with van der Waals surface area (Å²) in [5.74, 6) is 0.0921. The zero-order valence-corrected chi connectivity index (χ0v) is 15.4. The van der Waals surface area contributed by atoms with E-state index < -0.39 is 0 Å². The molecule has 1 fully saturated rings. The quantitative estimate of drug-likeness (QED) is 0.833. The lowest BCUT2D eigenvalue weighted by molar-refractivity contribution is -0.130. The van der Waals surface area contributed by atoms with E-state index in [2.05, 4.69) is 30.7 Å². The zero-order chi connectivity index (χ0) is 17.2. The molecule has 2 amide bonds. The highest BCUT2D eigenvalue weighted by Crippen LogP contribution is 2.26. The average Bonchev–Trinajstić information content (AvgIpc) is 2.97. The molecule has 0 unspecified atom stereocenters. The van der Waals surface area contributed by atoms with Crippen LogP contribution in [0.15, 0.2) is 5.38 Å². The van der Waals surface area contributed by atoms with E-state index in [4.69, 9.17) is 0 Å². The molecule has 0 spiro atoms. The number of piperazine rings is 1. The van der Waals surface area contributed by atoms with Gasteiger partial charge in [-0.3, -0.25) is 14.5 Å². The highest BCUT2D eigenvalue weighted by atomic mass is 32.1. The van der Waals surface area contributed by atoms with Crippen molar-refractivity contribution in [1.29, 1.82) is 0 Å². The fraction of sp³-hybridized carbons (Fsp3) is 0.688. The van der Waals surface area contributed by atoms with Crippen LogP contribution in [0.25, 0.3) is 0 Å². The molecule has 0 N–H and O–H groups in total. The molecule has 1 aromatic heterocycles. The molecule has 0 aromatic carbocycles. The van der Waals surface area contributed by atoms with Crippen molar-refractivity contribution in [2.24, 2.45) is 0 Å². The highest BCUT2D eigenvalue weighted by molar-refractivity contribution is 7.10. The third-order valence-electron chi connectivity index (χ3n) is 3.88. The Labute approximate surface area is 142 Å². The van der Waals surface area contributed by atoms with Gasteiger partial charge in [0.05, 0.1) is 11.6 Å². The van der Waals surface area contributed by atoms with E-state index in [0.717, 1.165) is 18.1 Å². The van der Waals surface area contributed by atoms with Crippen LogP contribution >= 0.6 is 11.3 Å². The topological polar surface area (TPSA) is 56.8 Å². The summed E-state index contributed by atoms with van der Waals surface area (Å²) in [4.78, 5) is 34.3. The second-order valence-electron chi connectivity index (χ2n) is 7.14. The number of carbonyl (C=O) groups is 2. The fourth-order valence-corrected chi connectivity index (χ4v) is 3.20. The number of carbonyl (C=O) groups excluding carboxylic acids is 2. The Morgan fingerprint density at radius 3 is 2.30 bits per heavy atom. The minimum atomic E-state index is -0.0333. The van der Waals surface area contributed by atoms with Crippen molar-refractivity contribution in [2.75, 3.05) is 46.8 Å². The molecule has 1 aliphatic rings. The minimum Gasteiger partial charge on any atom is -0.348 e. The molecule has 23 heavy (non-hydrogen) atoms. The predicted octanol–water partition coefficient (Wildman–Crippen LogP) is 1.29. The molecule has 1 saturated heterocycles. The molecule has 6 nitrogen and oxygen atoms in total. The first kappa shape index (κ1) is 17.9. The summed E-state index contributed by atoms with van der Waals surface area (Å²) in [5, 5.41) is 2.83. The zero-order valence-electron chi connectivity index (χ0n) is 14.6. The van der Waals surface area contributed by atoms with Crippen LogP contribution in [-0.2, 0) is 10.2 Å². The average molecular weight is 338 g/mol. The molecule has 1 aromatic rings. The van der Waals surface area contributed by atoms with E-state index in [-0.39, 0.29) is 17.2 Å². The molecular formula is C16H26N4O2S. The number of rotatable bonds is 3. The summed E-state index contributed by atoms with van der Waals surface area (Å²) in [6, 6.07) is 0. The Morgan fingerprint density at radius 1 is 1.22 bits per heavy atom. The third-order valence-corrected chi connectivity index (χ3v) is 5.15. The predicted molar refractivity (Wildman–Crippen MR) is 91.9 cm³/mol. The van der Waals surface area contributed by atoms with Gasteiger partial charge >= 0.3 is 0 Å². The normalized spacial score (nSPS) is 16.5. The molecule has 1 aliphatic heterocycles. The summed E-state index contributed by atoms with van der Waals surface area (Å²) < 4.78 is 0. The van der Waals surface area contributed by atoms with E-state index in [1.165, 1.54) is 0 Å². The number of amides is 2. The first-order chi connectivity index (χ1) is 10.7. The Morgan fingerprint density at radius 2 is 1.83 bits per heavy atom. The van der Waals surface area contributed by atoms with E-state index in [0.29, 0.717) is 25.3 Å². The summed E-state index contributed by atoms with van der Waals surface area (Å²) in [6.45, 7) is 9.44. The standard InChI is InChI=1S/C16H26N4O2S/c1-16(2,3)15-17-12(11-23-15)14(22)20-8-6-19(7-9-20)10-13(21)18(4)5/h11H,6-10H2,1-5H3. The molecule has 0 radical (unpaired) electrons. The van der Waals surface area contributed by atoms with Crippen LogP contribution in [0.1, 0.15) is 36.3 Å². The lowest BCUT2D eigenvalue weighted by Gasteiger charge is -2.34. The first-order valence-corrected chi connectivity index (χ1v) is 8.74. The van der Waals surface area contributed by atoms with Crippen molar-refractivity contribution in [2.45, 2.75) is 26.2 Å². The molecular weight excluding hydrogens is 312 g/mol. The van der Waals surface area contributed by atoms with Gasteiger partial charge in [-0.05, 0) is 0 Å². The number of hydrogen-bond acceptors (Lipinski definition) is 5. The smallest absolute Gasteiger partial charge is 0.273 e. The van der Waals surface area contributed by atoms with Crippen LogP contribution in [0.3, 0.4) is 0 Å². The van der Waals surface area contributed by atoms with Crippen LogP contribution in [0.4, 0.5) is 0 Å². The number of nitrogens with zero attached hydrogens (tertiary/aromatic N) is 4. The van der Waals surface area contributed by atoms with Gasteiger partial charge in [0.1, 0.15) is 5.69 Å². The Hall–Kier alpha value is -1.47.